The molecule has 2 heterocycles. The second-order valence-corrected chi connectivity index (χ2v) is 3.89. The van der Waals surface area contributed by atoms with E-state index in [0.717, 1.165) is 13.0 Å². The third-order valence-electron chi connectivity index (χ3n) is 2.76. The lowest BCUT2D eigenvalue weighted by Gasteiger charge is -2.17. The van der Waals surface area contributed by atoms with Crippen molar-refractivity contribution in [2.45, 2.75) is 25.0 Å². The number of carbonyl (C=O) groups excluding carboxylic acids is 1. The zero-order valence-corrected chi connectivity index (χ0v) is 8.11. The Morgan fingerprint density at radius 1 is 1.64 bits per heavy atom. The van der Waals surface area contributed by atoms with Gasteiger partial charge in [-0.3, -0.25) is 0 Å². The number of nitrogens with one attached hydrogen (secondary N) is 1. The van der Waals surface area contributed by atoms with E-state index in [4.69, 9.17) is 9.84 Å². The fourth-order valence-corrected chi connectivity index (χ4v) is 2.00. The molecule has 0 aromatic rings. The fourth-order valence-electron chi connectivity index (χ4n) is 2.00. The summed E-state index contributed by atoms with van der Waals surface area (Å²) in [7, 11) is 0. The van der Waals surface area contributed by atoms with Crippen molar-refractivity contribution in [3.05, 3.63) is 0 Å². The Kier molecular flexibility index (Phi) is 2.88. The summed E-state index contributed by atoms with van der Waals surface area (Å²) in [4.78, 5) is 13.0. The van der Waals surface area contributed by atoms with Gasteiger partial charge in [-0.2, -0.15) is 0 Å². The Balaban J connectivity index is 1.82. The first-order chi connectivity index (χ1) is 6.79. The Labute approximate surface area is 83.0 Å². The quantitative estimate of drug-likeness (QED) is 0.648. The smallest absolute Gasteiger partial charge is 0.410 e. The van der Waals surface area contributed by atoms with E-state index in [1.165, 1.54) is 6.42 Å². The highest BCUT2D eigenvalue weighted by Gasteiger charge is 2.32. The van der Waals surface area contributed by atoms with Crippen molar-refractivity contribution >= 4 is 6.09 Å². The third-order valence-corrected chi connectivity index (χ3v) is 2.76. The molecule has 0 spiro atoms. The normalized spacial score (nSPS) is 32.4. The van der Waals surface area contributed by atoms with Gasteiger partial charge < -0.3 is 20.1 Å². The molecule has 14 heavy (non-hydrogen) atoms. The van der Waals surface area contributed by atoms with Crippen molar-refractivity contribution in [1.29, 1.82) is 0 Å². The van der Waals surface area contributed by atoms with Gasteiger partial charge in [-0.15, -0.1) is 0 Å². The first-order valence-corrected chi connectivity index (χ1v) is 5.09. The van der Waals surface area contributed by atoms with Gasteiger partial charge in [-0.05, 0) is 19.4 Å². The first-order valence-electron chi connectivity index (χ1n) is 5.09. The molecule has 1 unspecified atom stereocenters. The summed E-state index contributed by atoms with van der Waals surface area (Å²) >= 11 is 0. The van der Waals surface area contributed by atoms with Crippen LogP contribution in [0, 0.1) is 0 Å². The second kappa shape index (κ2) is 4.14. The fraction of sp³-hybridized carbons (Fsp3) is 0.889. The summed E-state index contributed by atoms with van der Waals surface area (Å²) in [5.41, 5.74) is 0. The molecule has 2 saturated heterocycles. The molecule has 0 aliphatic carbocycles. The summed E-state index contributed by atoms with van der Waals surface area (Å²) in [5, 5.41) is 12.2. The average molecular weight is 200 g/mol. The van der Waals surface area contributed by atoms with E-state index in [1.807, 2.05) is 0 Å². The van der Waals surface area contributed by atoms with Crippen molar-refractivity contribution in [2.24, 2.45) is 0 Å². The van der Waals surface area contributed by atoms with Crippen molar-refractivity contribution in [1.82, 2.24) is 10.2 Å². The summed E-state index contributed by atoms with van der Waals surface area (Å²) in [6.07, 6.45) is 1.67. The highest BCUT2D eigenvalue weighted by Crippen LogP contribution is 2.14. The largest absolute Gasteiger partial charge is 0.442 e. The SMILES string of the molecule is O=C1O[C@@H](CO)CN1CC1CCCN1. The van der Waals surface area contributed by atoms with Gasteiger partial charge in [0, 0.05) is 12.6 Å². The van der Waals surface area contributed by atoms with Crippen LogP contribution in [-0.2, 0) is 4.74 Å². The molecular formula is C9H16N2O3. The Bertz CT molecular complexity index is 216. The minimum atomic E-state index is -0.330. The van der Waals surface area contributed by atoms with Crippen LogP contribution in [0.4, 0.5) is 4.79 Å². The molecule has 1 amide bonds. The number of aliphatic hydroxyl groups excluding tert-OH is 1. The van der Waals surface area contributed by atoms with Gasteiger partial charge in [-0.1, -0.05) is 0 Å². The highest BCUT2D eigenvalue weighted by atomic mass is 16.6. The van der Waals surface area contributed by atoms with Crippen molar-refractivity contribution < 1.29 is 14.6 Å². The van der Waals surface area contributed by atoms with Crippen LogP contribution in [-0.4, -0.2) is 54.5 Å². The van der Waals surface area contributed by atoms with Crippen LogP contribution in [0.3, 0.4) is 0 Å². The minimum Gasteiger partial charge on any atom is -0.442 e. The van der Waals surface area contributed by atoms with Crippen LogP contribution in [0.5, 0.6) is 0 Å². The summed E-state index contributed by atoms with van der Waals surface area (Å²) in [5.74, 6) is 0. The maximum absolute atomic E-state index is 11.3. The van der Waals surface area contributed by atoms with Crippen LogP contribution < -0.4 is 5.32 Å². The summed E-state index contributed by atoms with van der Waals surface area (Å²) < 4.78 is 4.94. The number of amides is 1. The van der Waals surface area contributed by atoms with Crippen LogP contribution in [0.25, 0.3) is 0 Å². The maximum atomic E-state index is 11.3. The number of hydrogen-bond acceptors (Lipinski definition) is 4. The second-order valence-electron chi connectivity index (χ2n) is 3.89. The Morgan fingerprint density at radius 3 is 3.07 bits per heavy atom. The topological polar surface area (TPSA) is 61.8 Å². The Morgan fingerprint density at radius 2 is 2.50 bits per heavy atom. The lowest BCUT2D eigenvalue weighted by atomic mass is 10.2. The number of rotatable bonds is 3. The molecule has 5 nitrogen and oxygen atoms in total. The summed E-state index contributed by atoms with van der Waals surface area (Å²) in [6, 6.07) is 0.403. The monoisotopic (exact) mass is 200 g/mol. The molecular weight excluding hydrogens is 184 g/mol. The molecule has 0 saturated carbocycles. The van der Waals surface area contributed by atoms with Gasteiger partial charge in [-0.25, -0.2) is 4.79 Å². The van der Waals surface area contributed by atoms with Gasteiger partial charge in [0.25, 0.3) is 0 Å². The molecule has 0 bridgehead atoms. The molecule has 2 fully saturated rings. The standard InChI is InChI=1S/C9H16N2O3/c12-6-8-5-11(9(13)14-8)4-7-2-1-3-10-7/h7-8,10,12H,1-6H2/t7?,8-/m1/s1. The van der Waals surface area contributed by atoms with Crippen LogP contribution in [0.2, 0.25) is 0 Å². The number of nitrogens with zero attached hydrogens (tertiary/aromatic N) is 1. The molecule has 80 valence electrons. The van der Waals surface area contributed by atoms with Gasteiger partial charge in [0.05, 0.1) is 13.2 Å². The molecule has 0 radical (unpaired) electrons. The third kappa shape index (κ3) is 1.99. The number of carbonyl (C=O) groups is 1. The lowest BCUT2D eigenvalue weighted by Crippen LogP contribution is -2.38. The van der Waals surface area contributed by atoms with Gasteiger partial charge in [0.15, 0.2) is 0 Å². The van der Waals surface area contributed by atoms with E-state index >= 15 is 0 Å². The minimum absolute atomic E-state index is 0.0830. The maximum Gasteiger partial charge on any atom is 0.410 e. The molecule has 2 aliphatic rings. The van der Waals surface area contributed by atoms with Gasteiger partial charge >= 0.3 is 6.09 Å². The Hall–Kier alpha value is -0.810. The predicted molar refractivity (Wildman–Crippen MR) is 50.0 cm³/mol. The van der Waals surface area contributed by atoms with E-state index < -0.39 is 0 Å². The number of aliphatic hydroxyl groups is 1. The first kappa shape index (κ1) is 9.73. The van der Waals surface area contributed by atoms with Crippen molar-refractivity contribution in [3.8, 4) is 0 Å². The van der Waals surface area contributed by atoms with E-state index in [2.05, 4.69) is 5.32 Å². The molecule has 2 rings (SSSR count). The van der Waals surface area contributed by atoms with Gasteiger partial charge in [0.1, 0.15) is 6.10 Å². The van der Waals surface area contributed by atoms with Crippen molar-refractivity contribution in [3.63, 3.8) is 0 Å². The number of ether oxygens (including phenoxy) is 1. The van der Waals surface area contributed by atoms with E-state index in [-0.39, 0.29) is 18.8 Å². The number of hydrogen-bond donors (Lipinski definition) is 2. The van der Waals surface area contributed by atoms with Crippen molar-refractivity contribution in [2.75, 3.05) is 26.2 Å². The van der Waals surface area contributed by atoms with Crippen LogP contribution in [0.15, 0.2) is 0 Å². The van der Waals surface area contributed by atoms with Crippen LogP contribution in [0.1, 0.15) is 12.8 Å². The highest BCUT2D eigenvalue weighted by molar-refractivity contribution is 5.69. The predicted octanol–water partition coefficient (Wildman–Crippen LogP) is -0.448. The molecule has 2 atom stereocenters. The zero-order valence-electron chi connectivity index (χ0n) is 8.11. The van der Waals surface area contributed by atoms with E-state index in [9.17, 15) is 4.79 Å². The van der Waals surface area contributed by atoms with E-state index in [1.54, 1.807) is 4.90 Å². The van der Waals surface area contributed by atoms with Gasteiger partial charge in [0.2, 0.25) is 0 Å². The number of cyclic esters (lactones) is 1. The average Bonchev–Trinajstić information content (AvgIpc) is 2.78. The van der Waals surface area contributed by atoms with E-state index in [0.29, 0.717) is 19.1 Å². The molecule has 2 aliphatic heterocycles. The summed E-state index contributed by atoms with van der Waals surface area (Å²) in [6.45, 7) is 2.18. The molecule has 2 N–H and O–H groups in total. The molecule has 5 heteroatoms. The molecule has 0 aromatic heterocycles. The lowest BCUT2D eigenvalue weighted by molar-refractivity contribution is 0.0946. The zero-order chi connectivity index (χ0) is 9.97. The van der Waals surface area contributed by atoms with Crippen LogP contribution >= 0.6 is 0 Å². The molecule has 0 aromatic carbocycles.